The smallest absolute Gasteiger partial charge is 0.337 e. The minimum absolute atomic E-state index is 0.0830. The van der Waals surface area contributed by atoms with E-state index in [2.05, 4.69) is 4.98 Å². The Bertz CT molecular complexity index is 1340. The van der Waals surface area contributed by atoms with Crippen LogP contribution in [0.2, 0.25) is 0 Å². The van der Waals surface area contributed by atoms with Crippen molar-refractivity contribution < 1.29 is 19.4 Å². The van der Waals surface area contributed by atoms with Crippen LogP contribution >= 0.6 is 0 Å². The maximum Gasteiger partial charge on any atom is 0.337 e. The summed E-state index contributed by atoms with van der Waals surface area (Å²) in [6.45, 7) is 14.4. The van der Waals surface area contributed by atoms with Crippen LogP contribution in [-0.4, -0.2) is 32.5 Å². The van der Waals surface area contributed by atoms with E-state index in [1.54, 1.807) is 12.4 Å². The van der Waals surface area contributed by atoms with Crippen molar-refractivity contribution in [3.05, 3.63) is 87.2 Å². The fourth-order valence-electron chi connectivity index (χ4n) is 5.03. The van der Waals surface area contributed by atoms with Gasteiger partial charge in [-0.3, -0.25) is 9.78 Å². The molecule has 0 radical (unpaired) electrons. The van der Waals surface area contributed by atoms with Crippen molar-refractivity contribution in [3.8, 4) is 11.1 Å². The van der Waals surface area contributed by atoms with E-state index in [1.165, 1.54) is 0 Å². The van der Waals surface area contributed by atoms with E-state index in [-0.39, 0.29) is 5.91 Å². The van der Waals surface area contributed by atoms with E-state index in [0.717, 1.165) is 44.5 Å². The Hall–Kier alpha value is -3.51. The van der Waals surface area contributed by atoms with Crippen molar-refractivity contribution in [2.24, 2.45) is 0 Å². The minimum Gasteiger partial charge on any atom is -0.479 e. The van der Waals surface area contributed by atoms with Crippen molar-refractivity contribution in [3.63, 3.8) is 0 Å². The van der Waals surface area contributed by atoms with Crippen LogP contribution in [0.4, 0.5) is 0 Å². The number of rotatable bonds is 5. The van der Waals surface area contributed by atoms with Crippen LogP contribution in [0.15, 0.2) is 42.7 Å². The molecule has 0 saturated heterocycles. The lowest BCUT2D eigenvalue weighted by Gasteiger charge is -2.29. The summed E-state index contributed by atoms with van der Waals surface area (Å²) in [5, 5.41) is 10.3. The molecule has 4 rings (SSSR count). The summed E-state index contributed by atoms with van der Waals surface area (Å²) in [6, 6.07) is 9.96. The summed E-state index contributed by atoms with van der Waals surface area (Å²) in [5.41, 5.74) is 8.32. The maximum absolute atomic E-state index is 13.4. The number of amides is 1. The molecule has 6 nitrogen and oxygen atoms in total. The number of carbonyl (C=O) groups excluding carboxylic acids is 1. The van der Waals surface area contributed by atoms with Crippen molar-refractivity contribution in [2.45, 2.75) is 73.3 Å². The number of aliphatic carboxylic acids is 1. The molecule has 1 N–H and O–H groups in total. The lowest BCUT2D eigenvalue weighted by atomic mass is 9.83. The summed E-state index contributed by atoms with van der Waals surface area (Å²) >= 11 is 0. The first kappa shape index (κ1) is 25.6. The van der Waals surface area contributed by atoms with E-state index in [9.17, 15) is 14.7 Å². The number of pyridine rings is 1. The molecule has 3 aromatic rings. The van der Waals surface area contributed by atoms with Crippen LogP contribution in [0, 0.1) is 27.7 Å². The highest BCUT2D eigenvalue weighted by Gasteiger charge is 2.36. The molecule has 1 amide bonds. The number of hydrogen-bond acceptors (Lipinski definition) is 4. The monoisotopic (exact) mass is 486 g/mol. The fourth-order valence-corrected chi connectivity index (χ4v) is 5.03. The fraction of sp³-hybridized carbons (Fsp3) is 0.367. The molecule has 2 aromatic carbocycles. The average Bonchev–Trinajstić information content (AvgIpc) is 3.26. The number of fused-ring (bicyclic) bond motifs is 1. The minimum atomic E-state index is -1.14. The Morgan fingerprint density at radius 1 is 0.944 bits per heavy atom. The molecule has 0 bridgehead atoms. The zero-order chi connectivity index (χ0) is 26.4. The molecule has 0 saturated carbocycles. The first-order valence-electron chi connectivity index (χ1n) is 12.2. The molecule has 1 aliphatic heterocycles. The van der Waals surface area contributed by atoms with Gasteiger partial charge in [-0.05, 0) is 93.5 Å². The Morgan fingerprint density at radius 2 is 1.56 bits per heavy atom. The summed E-state index contributed by atoms with van der Waals surface area (Å²) < 4.78 is 6.14. The Balaban J connectivity index is 1.89. The third-order valence-corrected chi connectivity index (χ3v) is 6.72. The van der Waals surface area contributed by atoms with Gasteiger partial charge in [-0.25, -0.2) is 4.79 Å². The number of carboxylic acids is 1. The van der Waals surface area contributed by atoms with Crippen molar-refractivity contribution >= 4 is 11.9 Å². The maximum atomic E-state index is 13.4. The summed E-state index contributed by atoms with van der Waals surface area (Å²) in [7, 11) is 0. The molecule has 0 aliphatic carbocycles. The van der Waals surface area contributed by atoms with Gasteiger partial charge in [-0.1, -0.05) is 29.8 Å². The summed E-state index contributed by atoms with van der Waals surface area (Å²) in [4.78, 5) is 31.9. The van der Waals surface area contributed by atoms with Crippen LogP contribution in [0.1, 0.15) is 76.2 Å². The molecule has 2 heterocycles. The number of benzene rings is 2. The molecular weight excluding hydrogens is 452 g/mol. The zero-order valence-corrected chi connectivity index (χ0v) is 22.1. The number of hydrogen-bond donors (Lipinski definition) is 1. The van der Waals surface area contributed by atoms with Gasteiger partial charge >= 0.3 is 5.97 Å². The molecule has 6 heteroatoms. The van der Waals surface area contributed by atoms with Gasteiger partial charge in [0.1, 0.15) is 0 Å². The second kappa shape index (κ2) is 9.51. The summed E-state index contributed by atoms with van der Waals surface area (Å²) in [6.07, 6.45) is 2.18. The highest BCUT2D eigenvalue weighted by molar-refractivity contribution is 5.95. The SMILES string of the molecule is Cc1ccc(-c2c(C)c3c(c(C)c2C(OC(C)(C)C)C(=O)O)CN(C(=O)c2cncc(C)c2)C3)cc1. The van der Waals surface area contributed by atoms with Gasteiger partial charge < -0.3 is 14.7 Å². The van der Waals surface area contributed by atoms with E-state index in [0.29, 0.717) is 24.2 Å². The second-order valence-corrected chi connectivity index (χ2v) is 10.7. The van der Waals surface area contributed by atoms with Crippen LogP contribution in [0.3, 0.4) is 0 Å². The van der Waals surface area contributed by atoms with Gasteiger partial charge in [-0.2, -0.15) is 0 Å². The highest BCUT2D eigenvalue weighted by atomic mass is 16.5. The Kier molecular flexibility index (Phi) is 6.76. The lowest BCUT2D eigenvalue weighted by Crippen LogP contribution is -2.28. The van der Waals surface area contributed by atoms with E-state index in [1.807, 2.05) is 83.7 Å². The molecule has 36 heavy (non-hydrogen) atoms. The molecule has 188 valence electrons. The first-order chi connectivity index (χ1) is 16.9. The van der Waals surface area contributed by atoms with Crippen molar-refractivity contribution in [2.75, 3.05) is 0 Å². The molecular formula is C30H34N2O4. The van der Waals surface area contributed by atoms with Crippen molar-refractivity contribution in [1.82, 2.24) is 9.88 Å². The van der Waals surface area contributed by atoms with Crippen LogP contribution < -0.4 is 0 Å². The van der Waals surface area contributed by atoms with Crippen LogP contribution in [-0.2, 0) is 22.6 Å². The van der Waals surface area contributed by atoms with Crippen LogP contribution in [0.5, 0.6) is 0 Å². The van der Waals surface area contributed by atoms with Gasteiger partial charge in [0.25, 0.3) is 5.91 Å². The highest BCUT2D eigenvalue weighted by Crippen LogP contribution is 2.43. The molecule has 1 aliphatic rings. The first-order valence-corrected chi connectivity index (χ1v) is 12.2. The number of aryl methyl sites for hydroxylation is 2. The van der Waals surface area contributed by atoms with E-state index < -0.39 is 17.7 Å². The number of aromatic nitrogens is 1. The largest absolute Gasteiger partial charge is 0.479 e. The van der Waals surface area contributed by atoms with Gasteiger partial charge in [-0.15, -0.1) is 0 Å². The van der Waals surface area contributed by atoms with E-state index >= 15 is 0 Å². The van der Waals surface area contributed by atoms with Gasteiger partial charge in [0.05, 0.1) is 11.2 Å². The number of carboxylic acid groups (broad SMARTS) is 1. The zero-order valence-electron chi connectivity index (χ0n) is 22.1. The summed E-state index contributed by atoms with van der Waals surface area (Å²) in [5.74, 6) is -1.11. The third kappa shape index (κ3) is 4.91. The van der Waals surface area contributed by atoms with Gasteiger partial charge in [0.15, 0.2) is 6.10 Å². The molecule has 0 fully saturated rings. The van der Waals surface area contributed by atoms with Crippen molar-refractivity contribution in [1.29, 1.82) is 0 Å². The number of carbonyl (C=O) groups is 2. The second-order valence-electron chi connectivity index (χ2n) is 10.7. The molecule has 1 atom stereocenters. The molecule has 0 spiro atoms. The van der Waals surface area contributed by atoms with E-state index in [4.69, 9.17) is 4.74 Å². The predicted molar refractivity (Wildman–Crippen MR) is 140 cm³/mol. The lowest BCUT2D eigenvalue weighted by molar-refractivity contribution is -0.160. The Morgan fingerprint density at radius 3 is 2.11 bits per heavy atom. The Labute approximate surface area is 212 Å². The van der Waals surface area contributed by atoms with Gasteiger partial charge in [0.2, 0.25) is 0 Å². The normalized spacial score (nSPS) is 14.0. The van der Waals surface area contributed by atoms with Gasteiger partial charge in [0, 0.05) is 31.0 Å². The predicted octanol–water partition coefficient (Wildman–Crippen LogP) is 6.08. The quantitative estimate of drug-likeness (QED) is 0.473. The molecule has 1 unspecified atom stereocenters. The number of ether oxygens (including phenoxy) is 1. The van der Waals surface area contributed by atoms with Crippen LogP contribution in [0.25, 0.3) is 11.1 Å². The molecule has 1 aromatic heterocycles. The average molecular weight is 487 g/mol. The topological polar surface area (TPSA) is 79.7 Å². The standard InChI is InChI=1S/C30H34N2O4/c1-17-8-10-21(11-9-17)25-19(3)23-15-32(28(33)22-12-18(2)13-31-14-22)16-24(23)20(4)26(25)27(29(34)35)36-30(5,6)7/h8-14,27H,15-16H2,1-7H3,(H,34,35). The number of nitrogens with zero attached hydrogens (tertiary/aromatic N) is 2. The third-order valence-electron chi connectivity index (χ3n) is 6.72.